The first-order valence-corrected chi connectivity index (χ1v) is 6.26. The number of hydrogen-bond acceptors (Lipinski definition) is 5. The molecule has 0 atom stereocenters. The van der Waals surface area contributed by atoms with Crippen LogP contribution < -0.4 is 10.6 Å². The third-order valence-electron chi connectivity index (χ3n) is 2.78. The van der Waals surface area contributed by atoms with Crippen LogP contribution in [0.2, 0.25) is 0 Å². The Bertz CT molecular complexity index is 659. The number of carbonyl (C=O) groups is 1. The zero-order valence-electron chi connectivity index (χ0n) is 11.4. The number of aryl methyl sites for hydroxylation is 1. The van der Waals surface area contributed by atoms with Gasteiger partial charge < -0.3 is 10.6 Å². The number of hydrogen-bond donors (Lipinski definition) is 2. The summed E-state index contributed by atoms with van der Waals surface area (Å²) < 4.78 is 0. The Morgan fingerprint density at radius 2 is 2.14 bits per heavy atom. The van der Waals surface area contributed by atoms with Crippen molar-refractivity contribution in [3.8, 4) is 0 Å². The van der Waals surface area contributed by atoms with Crippen LogP contribution in [0, 0.1) is 17.0 Å². The maximum Gasteiger partial charge on any atom is 0.272 e. The largest absolute Gasteiger partial charge is 0.376 e. The van der Waals surface area contributed by atoms with Gasteiger partial charge in [-0.05, 0) is 31.2 Å². The first-order chi connectivity index (χ1) is 10.1. The molecule has 0 aliphatic rings. The molecular formula is C14H14N4O3. The van der Waals surface area contributed by atoms with Crippen LogP contribution >= 0.6 is 0 Å². The Hall–Kier alpha value is -2.96. The molecule has 0 aliphatic heterocycles. The van der Waals surface area contributed by atoms with Crippen molar-refractivity contribution in [1.29, 1.82) is 0 Å². The van der Waals surface area contributed by atoms with E-state index in [-0.39, 0.29) is 18.1 Å². The molecule has 2 N–H and O–H groups in total. The van der Waals surface area contributed by atoms with Crippen molar-refractivity contribution in [2.24, 2.45) is 0 Å². The van der Waals surface area contributed by atoms with Gasteiger partial charge in [-0.25, -0.2) is 4.98 Å². The lowest BCUT2D eigenvalue weighted by Crippen LogP contribution is -2.22. The SMILES string of the molecule is Cc1cc(NCC(=O)Nc2ccccn2)ccc1[N+](=O)[O-]. The van der Waals surface area contributed by atoms with E-state index >= 15 is 0 Å². The van der Waals surface area contributed by atoms with Crippen LogP contribution in [-0.2, 0) is 4.79 Å². The minimum atomic E-state index is -0.438. The van der Waals surface area contributed by atoms with Crippen LogP contribution in [0.15, 0.2) is 42.6 Å². The number of nitrogens with one attached hydrogen (secondary N) is 2. The zero-order chi connectivity index (χ0) is 15.2. The predicted molar refractivity (Wildman–Crippen MR) is 79.2 cm³/mol. The molecule has 1 aromatic carbocycles. The Labute approximate surface area is 121 Å². The molecule has 0 saturated heterocycles. The molecule has 0 aliphatic carbocycles. The number of nitro groups is 1. The summed E-state index contributed by atoms with van der Waals surface area (Å²) in [4.78, 5) is 26.0. The Morgan fingerprint density at radius 1 is 1.33 bits per heavy atom. The third kappa shape index (κ3) is 4.00. The molecule has 21 heavy (non-hydrogen) atoms. The number of nitrogens with zero attached hydrogens (tertiary/aromatic N) is 2. The summed E-state index contributed by atoms with van der Waals surface area (Å²) in [5, 5.41) is 16.3. The zero-order valence-corrected chi connectivity index (χ0v) is 11.4. The van der Waals surface area contributed by atoms with E-state index in [0.717, 1.165) is 0 Å². The Morgan fingerprint density at radius 3 is 2.76 bits per heavy atom. The molecule has 0 bridgehead atoms. The minimum Gasteiger partial charge on any atom is -0.376 e. The van der Waals surface area contributed by atoms with E-state index in [1.165, 1.54) is 6.07 Å². The molecule has 0 spiro atoms. The first-order valence-electron chi connectivity index (χ1n) is 6.26. The van der Waals surface area contributed by atoms with Crippen LogP contribution in [0.4, 0.5) is 17.2 Å². The average molecular weight is 286 g/mol. The van der Waals surface area contributed by atoms with Crippen molar-refractivity contribution >= 4 is 23.1 Å². The summed E-state index contributed by atoms with van der Waals surface area (Å²) in [6.45, 7) is 1.70. The van der Waals surface area contributed by atoms with Crippen LogP contribution in [0.25, 0.3) is 0 Å². The molecule has 0 saturated carbocycles. The molecule has 0 unspecified atom stereocenters. The van der Waals surface area contributed by atoms with E-state index in [0.29, 0.717) is 17.1 Å². The molecule has 1 amide bonds. The van der Waals surface area contributed by atoms with Crippen molar-refractivity contribution in [2.75, 3.05) is 17.2 Å². The Balaban J connectivity index is 1.92. The molecular weight excluding hydrogens is 272 g/mol. The fourth-order valence-electron chi connectivity index (χ4n) is 1.78. The topological polar surface area (TPSA) is 97.2 Å². The number of pyridine rings is 1. The van der Waals surface area contributed by atoms with Gasteiger partial charge >= 0.3 is 0 Å². The highest BCUT2D eigenvalue weighted by Gasteiger charge is 2.10. The number of benzene rings is 1. The lowest BCUT2D eigenvalue weighted by molar-refractivity contribution is -0.385. The molecule has 7 nitrogen and oxygen atoms in total. The molecule has 108 valence electrons. The van der Waals surface area contributed by atoms with Gasteiger partial charge in [0.2, 0.25) is 5.91 Å². The lowest BCUT2D eigenvalue weighted by Gasteiger charge is -2.08. The molecule has 0 fully saturated rings. The summed E-state index contributed by atoms with van der Waals surface area (Å²) in [5.74, 6) is 0.230. The van der Waals surface area contributed by atoms with E-state index in [1.807, 2.05) is 0 Å². The van der Waals surface area contributed by atoms with Gasteiger partial charge in [0.05, 0.1) is 11.5 Å². The second-order valence-corrected chi connectivity index (χ2v) is 4.38. The van der Waals surface area contributed by atoms with Crippen molar-refractivity contribution in [3.05, 3.63) is 58.3 Å². The maximum atomic E-state index is 11.7. The standard InChI is InChI=1S/C14H14N4O3/c1-10-8-11(5-6-12(10)18(20)21)16-9-14(19)17-13-4-2-3-7-15-13/h2-8,16H,9H2,1H3,(H,15,17,19). The summed E-state index contributed by atoms with van der Waals surface area (Å²) in [6.07, 6.45) is 1.59. The highest BCUT2D eigenvalue weighted by Crippen LogP contribution is 2.21. The van der Waals surface area contributed by atoms with Crippen LogP contribution in [0.3, 0.4) is 0 Å². The molecule has 1 aromatic heterocycles. The number of aromatic nitrogens is 1. The minimum absolute atomic E-state index is 0.0494. The molecule has 1 heterocycles. The van der Waals surface area contributed by atoms with Crippen LogP contribution in [0.1, 0.15) is 5.56 Å². The molecule has 2 aromatic rings. The Kier molecular flexibility index (Phi) is 4.45. The molecule has 0 radical (unpaired) electrons. The number of amides is 1. The number of anilines is 2. The van der Waals surface area contributed by atoms with Crippen molar-refractivity contribution < 1.29 is 9.72 Å². The van der Waals surface area contributed by atoms with E-state index in [1.54, 1.807) is 43.5 Å². The smallest absolute Gasteiger partial charge is 0.272 e. The normalized spacial score (nSPS) is 9.95. The van der Waals surface area contributed by atoms with Crippen LogP contribution in [-0.4, -0.2) is 22.4 Å². The fraction of sp³-hybridized carbons (Fsp3) is 0.143. The average Bonchev–Trinajstić information content (AvgIpc) is 2.46. The van der Waals surface area contributed by atoms with Crippen molar-refractivity contribution in [3.63, 3.8) is 0 Å². The van der Waals surface area contributed by atoms with Gasteiger partial charge in [-0.1, -0.05) is 6.07 Å². The number of rotatable bonds is 5. The number of nitro benzene ring substituents is 1. The quantitative estimate of drug-likeness (QED) is 0.649. The summed E-state index contributed by atoms with van der Waals surface area (Å²) >= 11 is 0. The second kappa shape index (κ2) is 6.47. The third-order valence-corrected chi connectivity index (χ3v) is 2.78. The van der Waals surface area contributed by atoms with Gasteiger partial charge in [0.15, 0.2) is 0 Å². The second-order valence-electron chi connectivity index (χ2n) is 4.38. The van der Waals surface area contributed by atoms with Gasteiger partial charge in [0.1, 0.15) is 5.82 Å². The highest BCUT2D eigenvalue weighted by atomic mass is 16.6. The van der Waals surface area contributed by atoms with Gasteiger partial charge in [-0.15, -0.1) is 0 Å². The van der Waals surface area contributed by atoms with E-state index in [4.69, 9.17) is 0 Å². The van der Waals surface area contributed by atoms with E-state index in [2.05, 4.69) is 15.6 Å². The van der Waals surface area contributed by atoms with Crippen molar-refractivity contribution in [2.45, 2.75) is 6.92 Å². The highest BCUT2D eigenvalue weighted by molar-refractivity contribution is 5.92. The predicted octanol–water partition coefficient (Wildman–Crippen LogP) is 2.35. The summed E-state index contributed by atoms with van der Waals surface area (Å²) in [7, 11) is 0. The monoisotopic (exact) mass is 286 g/mol. The number of carbonyl (C=O) groups excluding carboxylic acids is 1. The molecule has 7 heteroatoms. The summed E-state index contributed by atoms with van der Waals surface area (Å²) in [5.41, 5.74) is 1.24. The van der Waals surface area contributed by atoms with Gasteiger partial charge in [-0.2, -0.15) is 0 Å². The van der Waals surface area contributed by atoms with Gasteiger partial charge in [-0.3, -0.25) is 14.9 Å². The molecule has 2 rings (SSSR count). The van der Waals surface area contributed by atoms with E-state index in [9.17, 15) is 14.9 Å². The van der Waals surface area contributed by atoms with Crippen LogP contribution in [0.5, 0.6) is 0 Å². The van der Waals surface area contributed by atoms with Crippen molar-refractivity contribution in [1.82, 2.24) is 4.98 Å². The van der Waals surface area contributed by atoms with E-state index < -0.39 is 4.92 Å². The van der Waals surface area contributed by atoms with Gasteiger partial charge in [0, 0.05) is 23.5 Å². The fourth-order valence-corrected chi connectivity index (χ4v) is 1.78. The lowest BCUT2D eigenvalue weighted by atomic mass is 10.2. The summed E-state index contributed by atoms with van der Waals surface area (Å²) in [6, 6.07) is 9.83. The maximum absolute atomic E-state index is 11.7. The first kappa shape index (κ1) is 14.4. The van der Waals surface area contributed by atoms with Gasteiger partial charge in [0.25, 0.3) is 5.69 Å².